The topological polar surface area (TPSA) is 121 Å². The number of nitrogens with two attached hydrogens (primary N) is 1. The van der Waals surface area contributed by atoms with Gasteiger partial charge in [0.15, 0.2) is 0 Å². The predicted octanol–water partition coefficient (Wildman–Crippen LogP) is -0.993. The molecule has 0 heterocycles. The van der Waals surface area contributed by atoms with Crippen molar-refractivity contribution in [1.82, 2.24) is 4.31 Å². The van der Waals surface area contributed by atoms with E-state index in [0.29, 0.717) is 0 Å². The molecule has 0 radical (unpaired) electrons. The fourth-order valence-corrected chi connectivity index (χ4v) is 4.09. The van der Waals surface area contributed by atoms with Crippen molar-refractivity contribution in [3.8, 4) is 0 Å². The van der Waals surface area contributed by atoms with E-state index in [0.717, 1.165) is 10.6 Å². The van der Waals surface area contributed by atoms with Crippen molar-refractivity contribution in [2.45, 2.75) is 19.4 Å². The summed E-state index contributed by atoms with van der Waals surface area (Å²) in [5.74, 6) is -0.973. The Morgan fingerprint density at radius 2 is 1.76 bits per heavy atom. The monoisotopic (exact) mass is 285 g/mol. The third-order valence-corrected chi connectivity index (χ3v) is 5.45. The minimum absolute atomic E-state index is 0.109. The van der Waals surface area contributed by atoms with Gasteiger partial charge in [-0.15, -0.1) is 0 Å². The summed E-state index contributed by atoms with van der Waals surface area (Å²) in [6.45, 7) is 1.61. The first kappa shape index (κ1) is 16.3. The summed E-state index contributed by atoms with van der Waals surface area (Å²) in [5, 5.41) is 7.08. The zero-order chi connectivity index (χ0) is 13.9. The summed E-state index contributed by atoms with van der Waals surface area (Å²) in [6, 6.07) is -0.461. The Kier molecular flexibility index (Phi) is 5.56. The number of hydrogen-bond acceptors (Lipinski definition) is 5. The summed E-state index contributed by atoms with van der Waals surface area (Å²) in [6.07, 6.45) is 1.11. The van der Waals surface area contributed by atoms with E-state index in [4.69, 9.17) is 11.1 Å². The highest BCUT2D eigenvalue weighted by Gasteiger charge is 2.24. The molecule has 0 fully saturated rings. The first-order valence-corrected chi connectivity index (χ1v) is 8.59. The van der Waals surface area contributed by atoms with Gasteiger partial charge in [-0.1, -0.05) is 0 Å². The fraction of sp³-hybridized carbons (Fsp3) is 0.875. The zero-order valence-corrected chi connectivity index (χ0v) is 11.8. The standard InChI is InChI=1S/C8H19N3O4S2/c1-7(6-8(9)10)11(2)17(14,15)5-4-16(3,12)13/h7H,4-6H2,1-3H3,(H3,9,10). The lowest BCUT2D eigenvalue weighted by Crippen LogP contribution is -2.40. The van der Waals surface area contributed by atoms with Gasteiger partial charge in [-0.05, 0) is 6.92 Å². The Labute approximate surface area is 102 Å². The van der Waals surface area contributed by atoms with E-state index in [2.05, 4.69) is 0 Å². The molecule has 3 N–H and O–H groups in total. The smallest absolute Gasteiger partial charge is 0.215 e. The Hall–Kier alpha value is -0.670. The summed E-state index contributed by atoms with van der Waals surface area (Å²) in [4.78, 5) is 0. The van der Waals surface area contributed by atoms with Gasteiger partial charge in [-0.25, -0.2) is 21.1 Å². The second-order valence-corrected chi connectivity index (χ2v) is 8.45. The number of amidine groups is 1. The van der Waals surface area contributed by atoms with Crippen LogP contribution in [0, 0.1) is 5.41 Å². The summed E-state index contributed by atoms with van der Waals surface area (Å²) < 4.78 is 46.4. The van der Waals surface area contributed by atoms with E-state index in [1.54, 1.807) is 6.92 Å². The highest BCUT2D eigenvalue weighted by atomic mass is 32.2. The minimum Gasteiger partial charge on any atom is -0.388 e. The normalized spacial score (nSPS) is 14.8. The lowest BCUT2D eigenvalue weighted by Gasteiger charge is -2.23. The van der Waals surface area contributed by atoms with Gasteiger partial charge in [-0.3, -0.25) is 5.41 Å². The van der Waals surface area contributed by atoms with Gasteiger partial charge < -0.3 is 5.73 Å². The van der Waals surface area contributed by atoms with Gasteiger partial charge in [0.2, 0.25) is 10.0 Å². The van der Waals surface area contributed by atoms with Crippen LogP contribution in [-0.4, -0.2) is 57.8 Å². The van der Waals surface area contributed by atoms with E-state index in [1.165, 1.54) is 7.05 Å². The van der Waals surface area contributed by atoms with E-state index in [9.17, 15) is 16.8 Å². The van der Waals surface area contributed by atoms with Crippen LogP contribution in [0.25, 0.3) is 0 Å². The molecule has 0 aromatic rings. The number of sulfonamides is 1. The number of rotatable bonds is 7. The third kappa shape index (κ3) is 6.59. The van der Waals surface area contributed by atoms with Crippen molar-refractivity contribution in [2.75, 3.05) is 24.8 Å². The molecular weight excluding hydrogens is 266 g/mol. The molecule has 0 saturated carbocycles. The average Bonchev–Trinajstić information content (AvgIpc) is 2.11. The van der Waals surface area contributed by atoms with Gasteiger partial charge in [-0.2, -0.15) is 0 Å². The van der Waals surface area contributed by atoms with E-state index >= 15 is 0 Å². The van der Waals surface area contributed by atoms with Gasteiger partial charge in [0.25, 0.3) is 0 Å². The van der Waals surface area contributed by atoms with Crippen LogP contribution < -0.4 is 5.73 Å². The SMILES string of the molecule is CC(CC(=N)N)N(C)S(=O)(=O)CCS(C)(=O)=O. The van der Waals surface area contributed by atoms with Gasteiger partial charge in [0.05, 0.1) is 17.3 Å². The Morgan fingerprint density at radius 3 is 2.12 bits per heavy atom. The van der Waals surface area contributed by atoms with Crippen LogP contribution in [0.1, 0.15) is 13.3 Å². The molecule has 1 atom stereocenters. The molecule has 102 valence electrons. The van der Waals surface area contributed by atoms with E-state index in [1.807, 2.05) is 0 Å². The molecule has 0 bridgehead atoms. The first-order chi connectivity index (χ1) is 7.46. The summed E-state index contributed by atoms with van der Waals surface area (Å²) in [5.41, 5.74) is 5.18. The summed E-state index contributed by atoms with van der Waals surface area (Å²) in [7, 11) is -5.60. The number of sulfone groups is 1. The van der Waals surface area contributed by atoms with Crippen molar-refractivity contribution in [3.05, 3.63) is 0 Å². The maximum Gasteiger partial charge on any atom is 0.215 e. The van der Waals surface area contributed by atoms with Crippen molar-refractivity contribution < 1.29 is 16.8 Å². The summed E-state index contributed by atoms with van der Waals surface area (Å²) >= 11 is 0. The van der Waals surface area contributed by atoms with E-state index < -0.39 is 37.4 Å². The lowest BCUT2D eigenvalue weighted by atomic mass is 10.2. The zero-order valence-electron chi connectivity index (χ0n) is 10.2. The van der Waals surface area contributed by atoms with Crippen LogP contribution in [0.2, 0.25) is 0 Å². The average molecular weight is 285 g/mol. The maximum atomic E-state index is 11.8. The fourth-order valence-electron chi connectivity index (χ4n) is 1.12. The minimum atomic E-state index is -3.64. The number of nitrogens with one attached hydrogen (secondary N) is 1. The van der Waals surface area contributed by atoms with Crippen LogP contribution >= 0.6 is 0 Å². The molecule has 9 heteroatoms. The van der Waals surface area contributed by atoms with E-state index in [-0.39, 0.29) is 12.3 Å². The molecule has 0 amide bonds. The molecule has 17 heavy (non-hydrogen) atoms. The molecule has 0 aliphatic rings. The molecule has 0 aliphatic heterocycles. The highest BCUT2D eigenvalue weighted by Crippen LogP contribution is 2.08. The van der Waals surface area contributed by atoms with Gasteiger partial charge in [0, 0.05) is 25.8 Å². The Balaban J connectivity index is 4.66. The largest absolute Gasteiger partial charge is 0.388 e. The number of nitrogens with zero attached hydrogens (tertiary/aromatic N) is 1. The molecule has 0 aliphatic carbocycles. The third-order valence-electron chi connectivity index (χ3n) is 2.29. The molecule has 7 nitrogen and oxygen atoms in total. The highest BCUT2D eigenvalue weighted by molar-refractivity contribution is 7.93. The molecule has 0 spiro atoms. The number of hydrogen-bond donors (Lipinski definition) is 2. The predicted molar refractivity (Wildman–Crippen MR) is 67.3 cm³/mol. The van der Waals surface area contributed by atoms with Crippen LogP contribution in [0.15, 0.2) is 0 Å². The van der Waals surface area contributed by atoms with Gasteiger partial charge in [0.1, 0.15) is 9.84 Å². The van der Waals surface area contributed by atoms with Gasteiger partial charge >= 0.3 is 0 Å². The Morgan fingerprint density at radius 1 is 1.29 bits per heavy atom. The van der Waals surface area contributed by atoms with Crippen LogP contribution in [-0.2, 0) is 19.9 Å². The molecular formula is C8H19N3O4S2. The quantitative estimate of drug-likeness (QED) is 0.459. The lowest BCUT2D eigenvalue weighted by molar-refractivity contribution is 0.396. The van der Waals surface area contributed by atoms with Crippen molar-refractivity contribution >= 4 is 25.7 Å². The molecule has 0 aromatic carbocycles. The maximum absolute atomic E-state index is 11.8. The second-order valence-electron chi connectivity index (χ2n) is 4.04. The van der Waals surface area contributed by atoms with Crippen molar-refractivity contribution in [1.29, 1.82) is 5.41 Å². The van der Waals surface area contributed by atoms with Crippen molar-refractivity contribution in [2.24, 2.45) is 5.73 Å². The molecule has 0 saturated heterocycles. The first-order valence-electron chi connectivity index (χ1n) is 4.92. The molecule has 1 unspecified atom stereocenters. The van der Waals surface area contributed by atoms with Crippen molar-refractivity contribution in [3.63, 3.8) is 0 Å². The van der Waals surface area contributed by atoms with Crippen LogP contribution in [0.4, 0.5) is 0 Å². The molecule has 0 aromatic heterocycles. The van der Waals surface area contributed by atoms with Crippen LogP contribution in [0.5, 0.6) is 0 Å². The molecule has 0 rings (SSSR count). The Bertz CT molecular complexity index is 469. The van der Waals surface area contributed by atoms with Crippen LogP contribution in [0.3, 0.4) is 0 Å². The second kappa shape index (κ2) is 5.78.